The summed E-state index contributed by atoms with van der Waals surface area (Å²) in [5.74, 6) is -0.0183. The Kier molecular flexibility index (Phi) is 6.54. The number of amides is 1. The number of aryl methyl sites for hydroxylation is 1. The van der Waals surface area contributed by atoms with Crippen LogP contribution in [0, 0.1) is 11.6 Å². The van der Waals surface area contributed by atoms with Gasteiger partial charge in [0, 0.05) is 13.0 Å². The predicted octanol–water partition coefficient (Wildman–Crippen LogP) is 3.48. The van der Waals surface area contributed by atoms with E-state index < -0.39 is 0 Å². The van der Waals surface area contributed by atoms with Crippen molar-refractivity contribution in [2.45, 2.75) is 19.3 Å². The van der Waals surface area contributed by atoms with Crippen molar-refractivity contribution >= 4 is 5.91 Å². The van der Waals surface area contributed by atoms with Crippen LogP contribution < -0.4 is 10.1 Å². The molecule has 3 nitrogen and oxygen atoms in total. The number of ether oxygens (including phenoxy) is 1. The third kappa shape index (κ3) is 6.46. The molecule has 0 saturated heterocycles. The normalized spacial score (nSPS) is 10.3. The summed E-state index contributed by atoms with van der Waals surface area (Å²) < 4.78 is 30.9. The molecule has 0 heterocycles. The fourth-order valence-electron chi connectivity index (χ4n) is 2.02. The van der Waals surface area contributed by atoms with E-state index in [1.165, 1.54) is 24.3 Å². The van der Waals surface area contributed by atoms with Gasteiger partial charge in [-0.1, -0.05) is 12.1 Å². The van der Waals surface area contributed by atoms with Crippen molar-refractivity contribution in [2.75, 3.05) is 13.2 Å². The Morgan fingerprint density at radius 1 is 0.957 bits per heavy atom. The lowest BCUT2D eigenvalue weighted by atomic mass is 10.1. The van der Waals surface area contributed by atoms with Crippen molar-refractivity contribution < 1.29 is 18.3 Å². The molecule has 0 aliphatic rings. The van der Waals surface area contributed by atoms with Crippen molar-refractivity contribution in [3.05, 3.63) is 65.7 Å². The molecule has 0 saturated carbocycles. The number of carbonyl (C=O) groups excluding carboxylic acids is 1. The number of benzene rings is 2. The summed E-state index contributed by atoms with van der Waals surface area (Å²) in [6.45, 7) is 0.966. The summed E-state index contributed by atoms with van der Waals surface area (Å²) in [6, 6.07) is 11.9. The molecule has 23 heavy (non-hydrogen) atoms. The number of rotatable bonds is 8. The summed E-state index contributed by atoms with van der Waals surface area (Å²) in [6.07, 6.45) is 1.61. The second kappa shape index (κ2) is 8.88. The van der Waals surface area contributed by atoms with Gasteiger partial charge >= 0.3 is 0 Å². The smallest absolute Gasteiger partial charge is 0.220 e. The Morgan fingerprint density at radius 3 is 2.22 bits per heavy atom. The fraction of sp³-hybridized carbons (Fsp3) is 0.278. The van der Waals surface area contributed by atoms with E-state index in [1.807, 2.05) is 0 Å². The van der Waals surface area contributed by atoms with Crippen molar-refractivity contribution in [3.63, 3.8) is 0 Å². The lowest BCUT2D eigenvalue weighted by Crippen LogP contribution is -2.25. The first-order valence-corrected chi connectivity index (χ1v) is 7.53. The van der Waals surface area contributed by atoms with Crippen LogP contribution in [-0.4, -0.2) is 19.1 Å². The molecule has 5 heteroatoms. The van der Waals surface area contributed by atoms with E-state index in [2.05, 4.69) is 5.32 Å². The van der Waals surface area contributed by atoms with Gasteiger partial charge in [-0.2, -0.15) is 0 Å². The molecule has 0 fully saturated rings. The van der Waals surface area contributed by atoms with Crippen LogP contribution in [0.1, 0.15) is 18.4 Å². The number of nitrogens with one attached hydrogen (secondary N) is 1. The van der Waals surface area contributed by atoms with Crippen LogP contribution in [0.5, 0.6) is 5.75 Å². The van der Waals surface area contributed by atoms with E-state index in [9.17, 15) is 13.6 Å². The molecule has 2 aromatic rings. The average Bonchev–Trinajstić information content (AvgIpc) is 2.56. The second-order valence-corrected chi connectivity index (χ2v) is 5.13. The van der Waals surface area contributed by atoms with Gasteiger partial charge in [-0.3, -0.25) is 4.79 Å². The van der Waals surface area contributed by atoms with Gasteiger partial charge in [0.1, 0.15) is 17.4 Å². The van der Waals surface area contributed by atoms with Crippen LogP contribution in [0.3, 0.4) is 0 Å². The van der Waals surface area contributed by atoms with Crippen molar-refractivity contribution in [3.8, 4) is 5.75 Å². The Labute approximate surface area is 134 Å². The standard InChI is InChI=1S/C18H19F2NO2/c19-15-5-2-14(3-6-15)4-11-18(22)21-12-1-13-23-17-9-7-16(20)8-10-17/h2-3,5-10H,1,4,11-13H2,(H,21,22). The highest BCUT2D eigenvalue weighted by Gasteiger charge is 2.02. The van der Waals surface area contributed by atoms with E-state index in [4.69, 9.17) is 4.74 Å². The summed E-state index contributed by atoms with van der Waals surface area (Å²) >= 11 is 0. The number of halogens is 2. The summed E-state index contributed by atoms with van der Waals surface area (Å²) in [7, 11) is 0. The molecule has 122 valence electrons. The minimum absolute atomic E-state index is 0.0453. The molecule has 0 aliphatic carbocycles. The Morgan fingerprint density at radius 2 is 1.57 bits per heavy atom. The van der Waals surface area contributed by atoms with Gasteiger partial charge in [0.25, 0.3) is 0 Å². The van der Waals surface area contributed by atoms with Crippen LogP contribution in [-0.2, 0) is 11.2 Å². The number of hydrogen-bond acceptors (Lipinski definition) is 2. The molecule has 0 unspecified atom stereocenters. The quantitative estimate of drug-likeness (QED) is 0.757. The van der Waals surface area contributed by atoms with Crippen molar-refractivity contribution in [1.82, 2.24) is 5.32 Å². The van der Waals surface area contributed by atoms with Crippen LogP contribution >= 0.6 is 0 Å². The molecule has 0 bridgehead atoms. The van der Waals surface area contributed by atoms with E-state index in [0.29, 0.717) is 38.2 Å². The zero-order chi connectivity index (χ0) is 16.5. The third-order valence-corrected chi connectivity index (χ3v) is 3.28. The Balaban J connectivity index is 1.56. The molecule has 2 aromatic carbocycles. The maximum atomic E-state index is 12.8. The number of hydrogen-bond donors (Lipinski definition) is 1. The first-order chi connectivity index (χ1) is 11.1. The SMILES string of the molecule is O=C(CCc1ccc(F)cc1)NCCCOc1ccc(F)cc1. The topological polar surface area (TPSA) is 38.3 Å². The molecule has 1 amide bonds. The molecule has 0 atom stereocenters. The zero-order valence-corrected chi connectivity index (χ0v) is 12.7. The second-order valence-electron chi connectivity index (χ2n) is 5.13. The molecular formula is C18H19F2NO2. The first-order valence-electron chi connectivity index (χ1n) is 7.53. The molecular weight excluding hydrogens is 300 g/mol. The highest BCUT2D eigenvalue weighted by molar-refractivity contribution is 5.76. The largest absolute Gasteiger partial charge is 0.494 e. The minimum Gasteiger partial charge on any atom is -0.494 e. The fourth-order valence-corrected chi connectivity index (χ4v) is 2.02. The minimum atomic E-state index is -0.300. The zero-order valence-electron chi connectivity index (χ0n) is 12.7. The van der Waals surface area contributed by atoms with Crippen LogP contribution in [0.4, 0.5) is 8.78 Å². The lowest BCUT2D eigenvalue weighted by molar-refractivity contribution is -0.121. The van der Waals surface area contributed by atoms with Crippen molar-refractivity contribution in [1.29, 1.82) is 0 Å². The van der Waals surface area contributed by atoms with E-state index in [0.717, 1.165) is 5.56 Å². The van der Waals surface area contributed by atoms with Gasteiger partial charge < -0.3 is 10.1 Å². The molecule has 0 radical (unpaired) electrons. The molecule has 0 spiro atoms. The van der Waals surface area contributed by atoms with Gasteiger partial charge in [0.15, 0.2) is 0 Å². The van der Waals surface area contributed by atoms with Gasteiger partial charge in [-0.25, -0.2) is 8.78 Å². The van der Waals surface area contributed by atoms with E-state index in [-0.39, 0.29) is 17.5 Å². The lowest BCUT2D eigenvalue weighted by Gasteiger charge is -2.07. The van der Waals surface area contributed by atoms with Crippen molar-refractivity contribution in [2.24, 2.45) is 0 Å². The predicted molar refractivity (Wildman–Crippen MR) is 84.2 cm³/mol. The average molecular weight is 319 g/mol. The van der Waals surface area contributed by atoms with Crippen LogP contribution in [0.2, 0.25) is 0 Å². The summed E-state index contributed by atoms with van der Waals surface area (Å²) in [4.78, 5) is 11.7. The van der Waals surface area contributed by atoms with Gasteiger partial charge in [-0.05, 0) is 54.8 Å². The highest BCUT2D eigenvalue weighted by Crippen LogP contribution is 2.11. The highest BCUT2D eigenvalue weighted by atomic mass is 19.1. The monoisotopic (exact) mass is 319 g/mol. The van der Waals surface area contributed by atoms with Crippen LogP contribution in [0.15, 0.2) is 48.5 Å². The molecule has 0 aliphatic heterocycles. The van der Waals surface area contributed by atoms with Gasteiger partial charge in [0.2, 0.25) is 5.91 Å². The molecule has 1 N–H and O–H groups in total. The first kappa shape index (κ1) is 16.9. The maximum absolute atomic E-state index is 12.8. The van der Waals surface area contributed by atoms with Gasteiger partial charge in [0.05, 0.1) is 6.61 Å². The van der Waals surface area contributed by atoms with E-state index >= 15 is 0 Å². The van der Waals surface area contributed by atoms with Gasteiger partial charge in [-0.15, -0.1) is 0 Å². The van der Waals surface area contributed by atoms with Crippen LogP contribution in [0.25, 0.3) is 0 Å². The Bertz CT molecular complexity index is 612. The third-order valence-electron chi connectivity index (χ3n) is 3.28. The summed E-state index contributed by atoms with van der Waals surface area (Å²) in [5, 5.41) is 2.81. The van der Waals surface area contributed by atoms with E-state index in [1.54, 1.807) is 24.3 Å². The number of carbonyl (C=O) groups is 1. The summed E-state index contributed by atoms with van der Waals surface area (Å²) in [5.41, 5.74) is 0.932. The maximum Gasteiger partial charge on any atom is 0.220 e. The molecule has 0 aromatic heterocycles. The molecule has 2 rings (SSSR count). The Hall–Kier alpha value is -2.43.